The summed E-state index contributed by atoms with van der Waals surface area (Å²) in [6.07, 6.45) is 2.43. The molecule has 1 N–H and O–H groups in total. The zero-order chi connectivity index (χ0) is 17.6. The predicted molar refractivity (Wildman–Crippen MR) is 92.4 cm³/mol. The number of rotatable bonds is 4. The van der Waals surface area contributed by atoms with Crippen molar-refractivity contribution < 1.29 is 23.5 Å². The molecule has 5 nitrogen and oxygen atoms in total. The summed E-state index contributed by atoms with van der Waals surface area (Å²) in [5.74, 6) is -1.14. The molecule has 0 spiro atoms. The maximum Gasteiger partial charge on any atom is 0.178 e. The van der Waals surface area contributed by atoms with E-state index in [1.165, 1.54) is 12.5 Å². The first-order valence-electron chi connectivity index (χ1n) is 7.47. The molecular weight excluding hydrogens is 344 g/mol. The molecule has 2 aromatic carbocycles. The summed E-state index contributed by atoms with van der Waals surface area (Å²) in [5.41, 5.74) is 0.990. The molecule has 0 amide bonds. The monoisotopic (exact) mass is 354 g/mol. The molecule has 2 heterocycles. The van der Waals surface area contributed by atoms with Crippen LogP contribution in [-0.4, -0.2) is 16.7 Å². The van der Waals surface area contributed by atoms with Gasteiger partial charge in [-0.1, -0.05) is 11.6 Å². The van der Waals surface area contributed by atoms with E-state index in [0.717, 1.165) is 0 Å². The molecule has 0 atom stereocenters. The lowest BCUT2D eigenvalue weighted by Crippen LogP contribution is -2.09. The van der Waals surface area contributed by atoms with Crippen LogP contribution in [0.15, 0.2) is 57.8 Å². The molecule has 0 aliphatic carbocycles. The van der Waals surface area contributed by atoms with Crippen molar-refractivity contribution in [3.8, 4) is 5.75 Å². The second-order valence-electron chi connectivity index (χ2n) is 5.58. The molecule has 0 radical (unpaired) electrons. The van der Waals surface area contributed by atoms with Crippen LogP contribution in [0.5, 0.6) is 5.75 Å². The number of fused-ring (bicyclic) bond motifs is 3. The van der Waals surface area contributed by atoms with E-state index in [9.17, 15) is 14.7 Å². The van der Waals surface area contributed by atoms with E-state index in [0.29, 0.717) is 26.9 Å². The fraction of sp³-hybridized carbons (Fsp3) is 0.0526. The number of phenolic OH excluding ortho intramolecular Hbond substituents is 1. The summed E-state index contributed by atoms with van der Waals surface area (Å²) >= 11 is 5.80. The van der Waals surface area contributed by atoms with Gasteiger partial charge >= 0.3 is 0 Å². The molecule has 4 rings (SSSR count). The van der Waals surface area contributed by atoms with Gasteiger partial charge in [0.15, 0.2) is 17.1 Å². The van der Waals surface area contributed by atoms with Gasteiger partial charge in [-0.15, -0.1) is 0 Å². The Morgan fingerprint density at radius 1 is 0.880 bits per heavy atom. The van der Waals surface area contributed by atoms with Gasteiger partial charge in [0.1, 0.15) is 16.9 Å². The number of halogens is 1. The lowest BCUT2D eigenvalue weighted by Gasteiger charge is -2.06. The molecule has 0 saturated heterocycles. The van der Waals surface area contributed by atoms with Crippen molar-refractivity contribution in [3.05, 3.63) is 65.1 Å². The Morgan fingerprint density at radius 2 is 1.52 bits per heavy atom. The van der Waals surface area contributed by atoms with Gasteiger partial charge in [-0.05, 0) is 36.4 Å². The van der Waals surface area contributed by atoms with Crippen molar-refractivity contribution in [3.63, 3.8) is 0 Å². The second-order valence-corrected chi connectivity index (χ2v) is 6.02. The molecule has 124 valence electrons. The fourth-order valence-electron chi connectivity index (χ4n) is 2.86. The minimum Gasteiger partial charge on any atom is -0.506 e. The average Bonchev–Trinajstić information content (AvgIpc) is 3.24. The van der Waals surface area contributed by atoms with Crippen molar-refractivity contribution in [1.29, 1.82) is 0 Å². The summed E-state index contributed by atoms with van der Waals surface area (Å²) in [4.78, 5) is 25.0. The Labute approximate surface area is 146 Å². The van der Waals surface area contributed by atoms with Crippen molar-refractivity contribution in [1.82, 2.24) is 0 Å². The maximum atomic E-state index is 12.7. The Morgan fingerprint density at radius 3 is 2.24 bits per heavy atom. The van der Waals surface area contributed by atoms with Crippen molar-refractivity contribution in [2.45, 2.75) is 6.42 Å². The predicted octanol–water partition coefficient (Wildman–Crippen LogP) is 4.99. The summed E-state index contributed by atoms with van der Waals surface area (Å²) < 4.78 is 10.7. The highest BCUT2D eigenvalue weighted by Crippen LogP contribution is 2.39. The first-order valence-corrected chi connectivity index (χ1v) is 7.85. The van der Waals surface area contributed by atoms with Crippen molar-refractivity contribution >= 4 is 45.1 Å². The minimum absolute atomic E-state index is 0.0174. The molecular formula is C19H11ClO5. The molecule has 25 heavy (non-hydrogen) atoms. The SMILES string of the molecule is O=C(CC(=O)c1c(O)c2ccoc2c2ccoc12)c1ccc(Cl)cc1. The van der Waals surface area contributed by atoms with Crippen LogP contribution in [0.1, 0.15) is 27.1 Å². The van der Waals surface area contributed by atoms with Crippen molar-refractivity contribution in [2.75, 3.05) is 0 Å². The minimum atomic E-state index is -0.527. The number of benzene rings is 2. The third kappa shape index (κ3) is 2.49. The Kier molecular flexibility index (Phi) is 3.58. The van der Waals surface area contributed by atoms with Gasteiger partial charge in [-0.25, -0.2) is 0 Å². The number of phenols is 1. The van der Waals surface area contributed by atoms with Gasteiger partial charge in [0.25, 0.3) is 0 Å². The summed E-state index contributed by atoms with van der Waals surface area (Å²) in [5, 5.41) is 11.9. The molecule has 0 bridgehead atoms. The van der Waals surface area contributed by atoms with Gasteiger partial charge in [-0.2, -0.15) is 0 Å². The smallest absolute Gasteiger partial charge is 0.178 e. The first-order chi connectivity index (χ1) is 12.1. The van der Waals surface area contributed by atoms with Crippen LogP contribution < -0.4 is 0 Å². The number of furan rings is 2. The number of hydrogen-bond donors (Lipinski definition) is 1. The molecule has 6 heteroatoms. The fourth-order valence-corrected chi connectivity index (χ4v) is 2.98. The highest BCUT2D eigenvalue weighted by atomic mass is 35.5. The highest BCUT2D eigenvalue weighted by Gasteiger charge is 2.25. The van der Waals surface area contributed by atoms with Gasteiger partial charge in [0.2, 0.25) is 0 Å². The van der Waals surface area contributed by atoms with Crippen molar-refractivity contribution in [2.24, 2.45) is 0 Å². The molecule has 0 aliphatic heterocycles. The lowest BCUT2D eigenvalue weighted by molar-refractivity contribution is 0.0893. The first kappa shape index (κ1) is 15.5. The molecule has 4 aromatic rings. The van der Waals surface area contributed by atoms with E-state index in [1.54, 1.807) is 36.4 Å². The number of aromatic hydroxyl groups is 1. The number of carbonyl (C=O) groups is 2. The van der Waals surface area contributed by atoms with Crippen LogP contribution in [0.2, 0.25) is 5.02 Å². The number of carbonyl (C=O) groups excluding carboxylic acids is 2. The molecule has 0 fully saturated rings. The molecule has 0 aliphatic rings. The Bertz CT molecular complexity index is 1120. The van der Waals surface area contributed by atoms with E-state index in [4.69, 9.17) is 20.4 Å². The van der Waals surface area contributed by atoms with Gasteiger partial charge in [0, 0.05) is 10.6 Å². The summed E-state index contributed by atoms with van der Waals surface area (Å²) in [7, 11) is 0. The topological polar surface area (TPSA) is 80.7 Å². The summed E-state index contributed by atoms with van der Waals surface area (Å²) in [6, 6.07) is 9.49. The maximum absolute atomic E-state index is 12.7. The van der Waals surface area contributed by atoms with E-state index in [1.807, 2.05) is 0 Å². The van der Waals surface area contributed by atoms with Crippen LogP contribution in [0.25, 0.3) is 21.9 Å². The quantitative estimate of drug-likeness (QED) is 0.412. The van der Waals surface area contributed by atoms with E-state index in [2.05, 4.69) is 0 Å². The van der Waals surface area contributed by atoms with Gasteiger partial charge < -0.3 is 13.9 Å². The molecule has 0 unspecified atom stereocenters. The molecule has 0 saturated carbocycles. The standard InChI is InChI=1S/C19H11ClO5/c20-11-3-1-10(2-4-11)14(21)9-15(22)16-17(23)12-5-7-24-18(12)13-6-8-25-19(13)16/h1-8,23H,9H2. The Hall–Kier alpha value is -3.05. The third-order valence-corrected chi connectivity index (χ3v) is 4.31. The van der Waals surface area contributed by atoms with Crippen LogP contribution in [0.4, 0.5) is 0 Å². The van der Waals surface area contributed by atoms with Crippen LogP contribution in [0, 0.1) is 0 Å². The molecule has 2 aromatic heterocycles. The lowest BCUT2D eigenvalue weighted by atomic mass is 9.98. The van der Waals surface area contributed by atoms with Gasteiger partial charge in [-0.3, -0.25) is 9.59 Å². The Balaban J connectivity index is 1.76. The van der Waals surface area contributed by atoms with Crippen LogP contribution in [-0.2, 0) is 0 Å². The highest BCUT2D eigenvalue weighted by molar-refractivity contribution is 6.30. The van der Waals surface area contributed by atoms with E-state index >= 15 is 0 Å². The van der Waals surface area contributed by atoms with E-state index in [-0.39, 0.29) is 22.7 Å². The normalized spacial score (nSPS) is 11.2. The van der Waals surface area contributed by atoms with Crippen LogP contribution >= 0.6 is 11.6 Å². The zero-order valence-electron chi connectivity index (χ0n) is 12.8. The number of Topliss-reactive ketones (excluding diaryl/α,β-unsaturated/α-hetero) is 2. The largest absolute Gasteiger partial charge is 0.506 e. The number of hydrogen-bond acceptors (Lipinski definition) is 5. The van der Waals surface area contributed by atoms with E-state index < -0.39 is 12.2 Å². The average molecular weight is 355 g/mol. The zero-order valence-corrected chi connectivity index (χ0v) is 13.5. The second kappa shape index (κ2) is 5.79. The third-order valence-electron chi connectivity index (χ3n) is 4.06. The van der Waals surface area contributed by atoms with Gasteiger partial charge in [0.05, 0.1) is 29.7 Å². The van der Waals surface area contributed by atoms with Crippen LogP contribution in [0.3, 0.4) is 0 Å². The summed E-state index contributed by atoms with van der Waals surface area (Å²) in [6.45, 7) is 0. The number of ketones is 2.